The summed E-state index contributed by atoms with van der Waals surface area (Å²) in [6, 6.07) is 60.4. The summed E-state index contributed by atoms with van der Waals surface area (Å²) < 4.78 is 13.1. The van der Waals surface area contributed by atoms with Gasteiger partial charge in [-0.1, -0.05) is 158 Å². The monoisotopic (exact) mass is 706 g/mol. The first kappa shape index (κ1) is 32.4. The summed E-state index contributed by atoms with van der Waals surface area (Å²) in [6.45, 7) is 6.47. The van der Waals surface area contributed by atoms with Gasteiger partial charge in [-0.3, -0.25) is 0 Å². The maximum absolute atomic E-state index is 6.55. The van der Waals surface area contributed by atoms with Crippen molar-refractivity contribution in [1.82, 2.24) is 0 Å². The molecule has 0 aliphatic heterocycles. The quantitative estimate of drug-likeness (QED) is 0.128. The lowest BCUT2D eigenvalue weighted by molar-refractivity contribution is 0.668. The first-order chi connectivity index (χ1) is 27.1. The molecule has 10 rings (SSSR count). The van der Waals surface area contributed by atoms with Gasteiger partial charge in [-0.2, -0.15) is 0 Å². The van der Waals surface area contributed by atoms with E-state index in [9.17, 15) is 0 Å². The second-order valence-corrected chi connectivity index (χ2v) is 13.8. The van der Waals surface area contributed by atoms with E-state index < -0.39 is 0 Å². The van der Waals surface area contributed by atoms with Crippen LogP contribution in [0.2, 0.25) is 0 Å². The number of furan rings is 2. The Labute approximate surface area is 318 Å². The Balaban J connectivity index is 1.14. The summed E-state index contributed by atoms with van der Waals surface area (Å²) in [5.74, 6) is 0.576. The summed E-state index contributed by atoms with van der Waals surface area (Å²) in [5, 5.41) is 6.50. The Morgan fingerprint density at radius 2 is 1.11 bits per heavy atom. The van der Waals surface area contributed by atoms with Gasteiger partial charge in [0, 0.05) is 49.5 Å². The van der Waals surface area contributed by atoms with E-state index in [1.54, 1.807) is 0 Å². The second-order valence-electron chi connectivity index (χ2n) is 13.8. The van der Waals surface area contributed by atoms with Gasteiger partial charge in [0.25, 0.3) is 0 Å². The fourth-order valence-corrected chi connectivity index (χ4v) is 7.73. The van der Waals surface area contributed by atoms with E-state index in [0.29, 0.717) is 11.5 Å². The van der Waals surface area contributed by atoms with Gasteiger partial charge in [0.05, 0.1) is 5.70 Å². The van der Waals surface area contributed by atoms with E-state index in [1.807, 2.05) is 55.5 Å². The van der Waals surface area contributed by atoms with Gasteiger partial charge >= 0.3 is 0 Å². The van der Waals surface area contributed by atoms with Crippen molar-refractivity contribution in [3.8, 4) is 22.3 Å². The summed E-state index contributed by atoms with van der Waals surface area (Å²) in [4.78, 5) is 10.5. The van der Waals surface area contributed by atoms with Crippen molar-refractivity contribution >= 4 is 71.9 Å². The number of hydrogen-bond donors (Lipinski definition) is 0. The van der Waals surface area contributed by atoms with Crippen LogP contribution in [0.1, 0.15) is 23.6 Å². The van der Waals surface area contributed by atoms with Gasteiger partial charge < -0.3 is 8.83 Å². The fourth-order valence-electron chi connectivity index (χ4n) is 7.73. The molecule has 0 fully saturated rings. The normalized spacial score (nSPS) is 12.4. The van der Waals surface area contributed by atoms with E-state index in [2.05, 4.69) is 134 Å². The second kappa shape index (κ2) is 13.3. The average molecular weight is 707 g/mol. The largest absolute Gasteiger partial charge is 0.456 e. The third kappa shape index (κ3) is 5.72. The van der Waals surface area contributed by atoms with Crippen LogP contribution in [0, 0.1) is 0 Å². The molecule has 0 atom stereocenters. The maximum Gasteiger partial charge on any atom is 0.160 e. The van der Waals surface area contributed by atoms with Gasteiger partial charge in [-0.05, 0) is 58.7 Å². The van der Waals surface area contributed by atoms with Crippen molar-refractivity contribution in [1.29, 1.82) is 0 Å². The average Bonchev–Trinajstić information content (AvgIpc) is 3.82. The molecule has 0 saturated carbocycles. The number of nitrogens with zero attached hydrogens (tertiary/aromatic N) is 2. The number of rotatable bonds is 6. The Morgan fingerprint density at radius 3 is 1.96 bits per heavy atom. The van der Waals surface area contributed by atoms with Gasteiger partial charge in [0.1, 0.15) is 22.3 Å². The molecule has 4 heteroatoms. The lowest BCUT2D eigenvalue weighted by Gasteiger charge is -2.10. The van der Waals surface area contributed by atoms with Crippen LogP contribution in [0.25, 0.3) is 82.6 Å². The maximum atomic E-state index is 6.55. The summed E-state index contributed by atoms with van der Waals surface area (Å²) in [7, 11) is 0. The van der Waals surface area contributed by atoms with Crippen LogP contribution in [0.4, 0.5) is 0 Å². The molecule has 0 saturated heterocycles. The van der Waals surface area contributed by atoms with Crippen LogP contribution in [-0.2, 0) is 0 Å². The Bertz CT molecular complexity index is 3160. The molecule has 2 heterocycles. The smallest absolute Gasteiger partial charge is 0.160 e. The molecule has 0 spiro atoms. The molecule has 0 radical (unpaired) electrons. The highest BCUT2D eigenvalue weighted by Gasteiger charge is 2.20. The zero-order valence-corrected chi connectivity index (χ0v) is 30.2. The van der Waals surface area contributed by atoms with E-state index in [1.165, 1.54) is 5.39 Å². The molecule has 0 aliphatic carbocycles. The van der Waals surface area contributed by atoms with Crippen molar-refractivity contribution in [3.63, 3.8) is 0 Å². The zero-order valence-electron chi connectivity index (χ0n) is 30.2. The predicted molar refractivity (Wildman–Crippen MR) is 230 cm³/mol. The van der Waals surface area contributed by atoms with Crippen LogP contribution >= 0.6 is 0 Å². The number of para-hydroxylation sites is 2. The highest BCUT2D eigenvalue weighted by molar-refractivity contribution is 6.25. The fraction of sp³-hybridized carbons (Fsp3) is 0.0196. The highest BCUT2D eigenvalue weighted by Crippen LogP contribution is 2.42. The molecule has 55 heavy (non-hydrogen) atoms. The summed E-state index contributed by atoms with van der Waals surface area (Å²) >= 11 is 0. The minimum atomic E-state index is 0.576. The van der Waals surface area contributed by atoms with Crippen molar-refractivity contribution in [3.05, 3.63) is 199 Å². The van der Waals surface area contributed by atoms with Gasteiger partial charge in [0.2, 0.25) is 0 Å². The molecule has 2 aromatic heterocycles. The van der Waals surface area contributed by atoms with Crippen molar-refractivity contribution in [2.45, 2.75) is 6.92 Å². The molecule has 260 valence electrons. The van der Waals surface area contributed by atoms with E-state index >= 15 is 0 Å². The lowest BCUT2D eigenvalue weighted by atomic mass is 9.95. The predicted octanol–water partition coefficient (Wildman–Crippen LogP) is 13.9. The highest BCUT2D eigenvalue weighted by atomic mass is 16.3. The minimum Gasteiger partial charge on any atom is -0.456 e. The van der Waals surface area contributed by atoms with E-state index in [-0.39, 0.29) is 0 Å². The summed E-state index contributed by atoms with van der Waals surface area (Å²) in [5.41, 5.74) is 11.9. The molecule has 8 aromatic carbocycles. The minimum absolute atomic E-state index is 0.576. The molecule has 10 aromatic rings. The lowest BCUT2D eigenvalue weighted by Crippen LogP contribution is -2.05. The molecular weight excluding hydrogens is 673 g/mol. The van der Waals surface area contributed by atoms with Crippen molar-refractivity contribution < 1.29 is 8.83 Å². The van der Waals surface area contributed by atoms with E-state index in [0.717, 1.165) is 93.9 Å². The molecule has 0 amide bonds. The Kier molecular flexibility index (Phi) is 7.81. The number of fused-ring (bicyclic) bond motifs is 7. The molecule has 0 aliphatic rings. The van der Waals surface area contributed by atoms with Crippen LogP contribution in [0.15, 0.2) is 201 Å². The number of aliphatic imine (C=N–C) groups is 2. The van der Waals surface area contributed by atoms with Gasteiger partial charge in [-0.15, -0.1) is 0 Å². The van der Waals surface area contributed by atoms with Gasteiger partial charge in [-0.25, -0.2) is 9.98 Å². The standard InChI is InChI=1S/C51H34N2O2/c1-32(38-30-27-35-15-6-7-16-39(35)31-38)52-51(37-28-25-36(26-29-37)34-13-4-3-5-14-34)53-33(2)40-18-11-23-46-48(40)49-42(19-12-24-47(49)54-46)44-21-10-20-43-41-17-8-9-22-45(41)55-50(43)44/h3-31H,1H2,2H3/b52-51-,53-33+. The van der Waals surface area contributed by atoms with Crippen LogP contribution in [0.5, 0.6) is 0 Å². The number of hydrogen-bond acceptors (Lipinski definition) is 3. The van der Waals surface area contributed by atoms with Crippen LogP contribution in [-0.4, -0.2) is 11.5 Å². The van der Waals surface area contributed by atoms with E-state index in [4.69, 9.17) is 18.8 Å². The Hall–Kier alpha value is -7.30. The third-order valence-electron chi connectivity index (χ3n) is 10.5. The van der Waals surface area contributed by atoms with Crippen molar-refractivity contribution in [2.75, 3.05) is 0 Å². The first-order valence-electron chi connectivity index (χ1n) is 18.4. The number of benzene rings is 8. The van der Waals surface area contributed by atoms with Crippen LogP contribution < -0.4 is 0 Å². The third-order valence-corrected chi connectivity index (χ3v) is 10.5. The number of amidine groups is 1. The van der Waals surface area contributed by atoms with Gasteiger partial charge in [0.15, 0.2) is 5.84 Å². The summed E-state index contributed by atoms with van der Waals surface area (Å²) in [6.07, 6.45) is 0. The molecule has 0 N–H and O–H groups in total. The molecular formula is C51H34N2O2. The SMILES string of the molecule is C=C(/N=C(\N=C(/C)c1cccc2oc3cccc(-c4cccc5c4oc4ccccc45)c3c12)c1ccc(-c2ccccc2)cc1)c1ccc2ccccc2c1. The Morgan fingerprint density at radius 1 is 0.473 bits per heavy atom. The first-order valence-corrected chi connectivity index (χ1v) is 18.4. The zero-order chi connectivity index (χ0) is 36.9. The molecule has 0 unspecified atom stereocenters. The van der Waals surface area contributed by atoms with Crippen molar-refractivity contribution in [2.24, 2.45) is 9.98 Å². The van der Waals surface area contributed by atoms with Crippen LogP contribution in [0.3, 0.4) is 0 Å². The molecule has 0 bridgehead atoms. The topological polar surface area (TPSA) is 51.0 Å². The molecule has 4 nitrogen and oxygen atoms in total.